The van der Waals surface area contributed by atoms with Gasteiger partial charge in [-0.15, -0.1) is 0 Å². The highest BCUT2D eigenvalue weighted by atomic mass is 35.5. The van der Waals surface area contributed by atoms with E-state index in [-0.39, 0.29) is 31.6 Å². The van der Waals surface area contributed by atoms with Crippen molar-refractivity contribution < 1.29 is 14.6 Å². The Morgan fingerprint density at radius 3 is 2.00 bits per heavy atom. The van der Waals surface area contributed by atoms with Gasteiger partial charge in [0.1, 0.15) is 20.1 Å². The Labute approximate surface area is 125 Å². The number of rotatable bonds is 4. The fourth-order valence-corrected chi connectivity index (χ4v) is 2.15. The predicted molar refractivity (Wildman–Crippen MR) is 73.5 cm³/mol. The molecule has 0 aliphatic carbocycles. The van der Waals surface area contributed by atoms with Crippen LogP contribution >= 0.6 is 46.4 Å². The second-order valence-corrected chi connectivity index (χ2v) is 5.03. The largest absolute Gasteiger partial charge is 0.505 e. The summed E-state index contributed by atoms with van der Waals surface area (Å²) in [5.41, 5.74) is 0. The van der Waals surface area contributed by atoms with Crippen molar-refractivity contribution in [1.82, 2.24) is 0 Å². The van der Waals surface area contributed by atoms with Crippen LogP contribution in [0.2, 0.25) is 20.1 Å². The highest BCUT2D eigenvalue weighted by Crippen LogP contribution is 2.49. The molecule has 100 valence electrons. The molecule has 0 aliphatic heterocycles. The van der Waals surface area contributed by atoms with Crippen LogP contribution in [0.5, 0.6) is 11.5 Å². The Hall–Kier alpha value is -0.350. The molecule has 1 aromatic rings. The van der Waals surface area contributed by atoms with E-state index in [0.29, 0.717) is 6.42 Å². The number of phenolic OH excluding ortho intramolecular Hbond substituents is 1. The average Bonchev–Trinajstić information content (AvgIpc) is 2.37. The van der Waals surface area contributed by atoms with Crippen molar-refractivity contribution in [2.75, 3.05) is 0 Å². The molecule has 0 saturated heterocycles. The number of halogens is 4. The molecule has 18 heavy (non-hydrogen) atoms. The summed E-state index contributed by atoms with van der Waals surface area (Å²) in [6.45, 7) is 3.27. The molecule has 0 bridgehead atoms. The van der Waals surface area contributed by atoms with E-state index in [9.17, 15) is 9.90 Å². The van der Waals surface area contributed by atoms with Gasteiger partial charge in [0.25, 0.3) is 0 Å². The van der Waals surface area contributed by atoms with E-state index in [1.54, 1.807) is 13.8 Å². The summed E-state index contributed by atoms with van der Waals surface area (Å²) >= 11 is 23.3. The molecule has 1 aromatic carbocycles. The highest BCUT2D eigenvalue weighted by Gasteiger charge is 2.24. The van der Waals surface area contributed by atoms with E-state index in [2.05, 4.69) is 0 Å². The minimum atomic E-state index is -0.735. The van der Waals surface area contributed by atoms with Crippen LogP contribution in [-0.2, 0) is 4.79 Å². The molecule has 0 fully saturated rings. The number of hydrogen-bond acceptors (Lipinski definition) is 3. The molecule has 0 amide bonds. The molecule has 0 saturated carbocycles. The molecule has 7 heteroatoms. The average molecular weight is 332 g/mol. The summed E-state index contributed by atoms with van der Waals surface area (Å²) in [7, 11) is 0. The highest BCUT2D eigenvalue weighted by molar-refractivity contribution is 6.50. The topological polar surface area (TPSA) is 46.5 Å². The molecule has 0 spiro atoms. The zero-order chi connectivity index (χ0) is 14.0. The molecular formula is C11H10Cl4O3. The number of carbonyl (C=O) groups excluding carboxylic acids is 1. The van der Waals surface area contributed by atoms with Crippen molar-refractivity contribution >= 4 is 52.2 Å². The van der Waals surface area contributed by atoms with Gasteiger partial charge in [-0.25, -0.2) is 0 Å². The molecule has 0 aromatic heterocycles. The van der Waals surface area contributed by atoms with Crippen molar-refractivity contribution in [2.24, 2.45) is 0 Å². The second-order valence-electron chi connectivity index (χ2n) is 3.51. The zero-order valence-corrected chi connectivity index (χ0v) is 12.6. The van der Waals surface area contributed by atoms with Crippen LogP contribution in [0.4, 0.5) is 0 Å². The van der Waals surface area contributed by atoms with E-state index in [1.165, 1.54) is 0 Å². The maximum absolute atomic E-state index is 11.4. The minimum absolute atomic E-state index is 0.0135. The van der Waals surface area contributed by atoms with Crippen LogP contribution in [0.25, 0.3) is 0 Å². The first-order valence-corrected chi connectivity index (χ1v) is 6.56. The molecular weight excluding hydrogens is 322 g/mol. The lowest BCUT2D eigenvalue weighted by Crippen LogP contribution is -2.23. The van der Waals surface area contributed by atoms with E-state index in [1.807, 2.05) is 0 Å². The van der Waals surface area contributed by atoms with Crippen LogP contribution in [0.3, 0.4) is 0 Å². The second kappa shape index (κ2) is 6.20. The third-order valence-electron chi connectivity index (χ3n) is 2.30. The Morgan fingerprint density at radius 1 is 1.17 bits per heavy atom. The van der Waals surface area contributed by atoms with Crippen molar-refractivity contribution in [3.8, 4) is 11.5 Å². The Balaban J connectivity index is 3.22. The number of ketones is 1. The van der Waals surface area contributed by atoms with E-state index in [4.69, 9.17) is 51.1 Å². The van der Waals surface area contributed by atoms with Crippen LogP contribution in [0, 0.1) is 0 Å². The van der Waals surface area contributed by atoms with Gasteiger partial charge in [0.15, 0.2) is 23.4 Å². The van der Waals surface area contributed by atoms with E-state index >= 15 is 0 Å². The first-order chi connectivity index (χ1) is 8.31. The van der Waals surface area contributed by atoms with E-state index in [0.717, 1.165) is 0 Å². The maximum Gasteiger partial charge on any atom is 0.172 e. The predicted octanol–water partition coefficient (Wildman–Crippen LogP) is 4.75. The fourth-order valence-electron chi connectivity index (χ4n) is 1.23. The number of hydrogen-bond donors (Lipinski definition) is 1. The monoisotopic (exact) mass is 330 g/mol. The number of aromatic hydroxyl groups is 1. The summed E-state index contributed by atoms with van der Waals surface area (Å²) in [4.78, 5) is 11.4. The number of phenols is 1. The smallest absolute Gasteiger partial charge is 0.172 e. The first-order valence-electron chi connectivity index (χ1n) is 5.05. The van der Waals surface area contributed by atoms with Gasteiger partial charge in [-0.1, -0.05) is 53.3 Å². The molecule has 1 rings (SSSR count). The number of benzene rings is 1. The van der Waals surface area contributed by atoms with E-state index < -0.39 is 11.9 Å². The number of carbonyl (C=O) groups is 1. The van der Waals surface area contributed by atoms with Gasteiger partial charge in [-0.2, -0.15) is 0 Å². The standard InChI is InChI=1S/C11H10Cl4O3/c1-3-5(16)4(2)18-11-8(14)6(12)10(17)7(13)9(11)15/h4,17H,3H2,1-2H3. The van der Waals surface area contributed by atoms with Gasteiger partial charge < -0.3 is 9.84 Å². The summed E-state index contributed by atoms with van der Waals surface area (Å²) in [6, 6.07) is 0. The van der Waals surface area contributed by atoms with Crippen molar-refractivity contribution in [3.05, 3.63) is 20.1 Å². The lowest BCUT2D eigenvalue weighted by atomic mass is 10.2. The van der Waals surface area contributed by atoms with Gasteiger partial charge in [-0.05, 0) is 6.92 Å². The van der Waals surface area contributed by atoms with Crippen molar-refractivity contribution in [3.63, 3.8) is 0 Å². The van der Waals surface area contributed by atoms with Gasteiger partial charge >= 0.3 is 0 Å². The molecule has 3 nitrogen and oxygen atoms in total. The first kappa shape index (κ1) is 15.7. The normalized spacial score (nSPS) is 12.3. The molecule has 1 atom stereocenters. The molecule has 1 N–H and O–H groups in total. The fraction of sp³-hybridized carbons (Fsp3) is 0.364. The quantitative estimate of drug-likeness (QED) is 0.809. The van der Waals surface area contributed by atoms with Crippen LogP contribution in [-0.4, -0.2) is 17.0 Å². The molecule has 0 heterocycles. The number of ether oxygens (including phenoxy) is 1. The zero-order valence-electron chi connectivity index (χ0n) is 9.56. The third-order valence-corrected chi connectivity index (χ3v) is 3.95. The Morgan fingerprint density at radius 2 is 1.61 bits per heavy atom. The Bertz CT molecular complexity index is 459. The van der Waals surface area contributed by atoms with Gasteiger partial charge in [0, 0.05) is 6.42 Å². The lowest BCUT2D eigenvalue weighted by Gasteiger charge is -2.17. The summed E-state index contributed by atoms with van der Waals surface area (Å²) in [5.74, 6) is -0.557. The maximum atomic E-state index is 11.4. The SMILES string of the molecule is CCC(=O)C(C)Oc1c(Cl)c(Cl)c(O)c(Cl)c1Cl. The molecule has 0 aliphatic rings. The van der Waals surface area contributed by atoms with Crippen molar-refractivity contribution in [2.45, 2.75) is 26.4 Å². The van der Waals surface area contributed by atoms with Gasteiger partial charge in [-0.3, -0.25) is 4.79 Å². The number of Topliss-reactive ketones (excluding diaryl/α,β-unsaturated/α-hetero) is 1. The van der Waals surface area contributed by atoms with Gasteiger partial charge in [0.05, 0.1) is 0 Å². The molecule has 0 radical (unpaired) electrons. The van der Waals surface area contributed by atoms with Gasteiger partial charge in [0.2, 0.25) is 0 Å². The summed E-state index contributed by atoms with van der Waals surface area (Å²) in [5, 5.41) is 9.02. The van der Waals surface area contributed by atoms with Crippen LogP contribution < -0.4 is 4.74 Å². The van der Waals surface area contributed by atoms with Crippen LogP contribution in [0.1, 0.15) is 20.3 Å². The van der Waals surface area contributed by atoms with Crippen LogP contribution in [0.15, 0.2) is 0 Å². The lowest BCUT2D eigenvalue weighted by molar-refractivity contribution is -0.124. The minimum Gasteiger partial charge on any atom is -0.505 e. The third kappa shape index (κ3) is 2.97. The molecule has 1 unspecified atom stereocenters. The summed E-state index contributed by atoms with van der Waals surface area (Å²) in [6.07, 6.45) is -0.419. The van der Waals surface area contributed by atoms with Crippen molar-refractivity contribution in [1.29, 1.82) is 0 Å². The Kier molecular flexibility index (Phi) is 5.41. The summed E-state index contributed by atoms with van der Waals surface area (Å²) < 4.78 is 5.35.